The van der Waals surface area contributed by atoms with E-state index in [2.05, 4.69) is 6.92 Å². The first-order valence-electron chi connectivity index (χ1n) is 10.4. The number of hydrogen-bond acceptors (Lipinski definition) is 2. The standard InChI is InChI=1S/C21H32O2/c1-2-21(12-13-3-4-18(21)10-13)23-20(22)11-19-16-6-14-5-15(8-16)9-17(19)7-14/h13-19H,2-12H2,1H3/t13-,14?,15?,16?,17?,18+,19?,21-/m1/s1. The number of carbonyl (C=O) groups is 1. The quantitative estimate of drug-likeness (QED) is 0.685. The predicted octanol–water partition coefficient (Wildman–Crippen LogP) is 4.96. The molecular formula is C21H32O2. The van der Waals surface area contributed by atoms with Crippen molar-refractivity contribution in [2.75, 3.05) is 0 Å². The minimum absolute atomic E-state index is 0.0775. The number of ether oxygens (including phenoxy) is 1. The predicted molar refractivity (Wildman–Crippen MR) is 89.7 cm³/mol. The highest BCUT2D eigenvalue weighted by Crippen LogP contribution is 2.58. The molecule has 0 aromatic heterocycles. The Hall–Kier alpha value is -0.530. The first kappa shape index (κ1) is 14.8. The van der Waals surface area contributed by atoms with Crippen LogP contribution >= 0.6 is 0 Å². The highest BCUT2D eigenvalue weighted by Gasteiger charge is 2.53. The van der Waals surface area contributed by atoms with Crippen molar-refractivity contribution < 1.29 is 9.53 Å². The lowest BCUT2D eigenvalue weighted by Gasteiger charge is -2.54. The average Bonchev–Trinajstić information content (AvgIpc) is 3.11. The van der Waals surface area contributed by atoms with Gasteiger partial charge in [0.05, 0.1) is 0 Å². The molecule has 3 atom stereocenters. The number of carbonyl (C=O) groups excluding carboxylic acids is 1. The van der Waals surface area contributed by atoms with E-state index in [1.54, 1.807) is 0 Å². The zero-order valence-electron chi connectivity index (χ0n) is 14.6. The van der Waals surface area contributed by atoms with Crippen molar-refractivity contribution in [3.63, 3.8) is 0 Å². The summed E-state index contributed by atoms with van der Waals surface area (Å²) in [5, 5.41) is 0. The molecule has 6 bridgehead atoms. The molecule has 0 aromatic carbocycles. The lowest BCUT2D eigenvalue weighted by molar-refractivity contribution is -0.171. The van der Waals surface area contributed by atoms with Gasteiger partial charge in [-0.1, -0.05) is 6.92 Å². The molecule has 0 aliphatic heterocycles. The van der Waals surface area contributed by atoms with E-state index in [0.29, 0.717) is 11.8 Å². The number of fused-ring (bicyclic) bond motifs is 2. The number of esters is 1. The molecule has 0 amide bonds. The van der Waals surface area contributed by atoms with Crippen LogP contribution in [0.5, 0.6) is 0 Å². The normalized spacial score (nSPS) is 53.0. The van der Waals surface area contributed by atoms with Crippen molar-refractivity contribution in [1.29, 1.82) is 0 Å². The molecule has 23 heavy (non-hydrogen) atoms. The molecule has 0 N–H and O–H groups in total. The van der Waals surface area contributed by atoms with E-state index in [-0.39, 0.29) is 11.6 Å². The van der Waals surface area contributed by atoms with Gasteiger partial charge in [-0.3, -0.25) is 4.79 Å². The van der Waals surface area contributed by atoms with E-state index in [1.165, 1.54) is 51.4 Å². The van der Waals surface area contributed by atoms with Crippen molar-refractivity contribution in [2.24, 2.45) is 41.4 Å². The van der Waals surface area contributed by atoms with Crippen LogP contribution in [0.4, 0.5) is 0 Å². The largest absolute Gasteiger partial charge is 0.459 e. The molecule has 6 aliphatic carbocycles. The van der Waals surface area contributed by atoms with Crippen molar-refractivity contribution in [3.8, 4) is 0 Å². The first-order valence-corrected chi connectivity index (χ1v) is 10.4. The Labute approximate surface area is 140 Å². The van der Waals surface area contributed by atoms with Crippen LogP contribution in [0.2, 0.25) is 0 Å². The molecule has 6 saturated carbocycles. The van der Waals surface area contributed by atoms with Crippen molar-refractivity contribution >= 4 is 5.97 Å². The van der Waals surface area contributed by atoms with Gasteiger partial charge < -0.3 is 4.74 Å². The third-order valence-corrected chi connectivity index (χ3v) is 8.66. The van der Waals surface area contributed by atoms with E-state index in [1.807, 2.05) is 0 Å². The third-order valence-electron chi connectivity index (χ3n) is 8.66. The highest BCUT2D eigenvalue weighted by molar-refractivity contribution is 5.70. The molecule has 6 aliphatic rings. The molecule has 2 nitrogen and oxygen atoms in total. The van der Waals surface area contributed by atoms with E-state index < -0.39 is 0 Å². The minimum Gasteiger partial charge on any atom is -0.459 e. The van der Waals surface area contributed by atoms with E-state index in [0.717, 1.165) is 48.9 Å². The Bertz CT molecular complexity index is 470. The summed E-state index contributed by atoms with van der Waals surface area (Å²) in [7, 11) is 0. The van der Waals surface area contributed by atoms with Gasteiger partial charge in [0, 0.05) is 6.42 Å². The Kier molecular flexibility index (Phi) is 3.36. The summed E-state index contributed by atoms with van der Waals surface area (Å²) in [4.78, 5) is 12.8. The molecular weight excluding hydrogens is 284 g/mol. The lowest BCUT2D eigenvalue weighted by Crippen LogP contribution is -2.47. The van der Waals surface area contributed by atoms with Crippen LogP contribution in [0.25, 0.3) is 0 Å². The van der Waals surface area contributed by atoms with Crippen LogP contribution in [0, 0.1) is 41.4 Å². The lowest BCUT2D eigenvalue weighted by atomic mass is 9.51. The molecule has 6 fully saturated rings. The minimum atomic E-state index is -0.0775. The number of hydrogen-bond donors (Lipinski definition) is 0. The van der Waals surface area contributed by atoms with Crippen molar-refractivity contribution in [1.82, 2.24) is 0 Å². The highest BCUT2D eigenvalue weighted by atomic mass is 16.6. The molecule has 0 spiro atoms. The van der Waals surface area contributed by atoms with Crippen LogP contribution in [-0.4, -0.2) is 11.6 Å². The Morgan fingerprint density at radius 3 is 2.17 bits per heavy atom. The fraction of sp³-hybridized carbons (Fsp3) is 0.952. The molecule has 0 heterocycles. The molecule has 0 saturated heterocycles. The summed E-state index contributed by atoms with van der Waals surface area (Å²) >= 11 is 0. The summed E-state index contributed by atoms with van der Waals surface area (Å²) in [6.07, 6.45) is 14.0. The monoisotopic (exact) mass is 316 g/mol. The van der Waals surface area contributed by atoms with Gasteiger partial charge in [0.25, 0.3) is 0 Å². The number of rotatable bonds is 4. The van der Waals surface area contributed by atoms with Crippen molar-refractivity contribution in [2.45, 2.75) is 83.2 Å². The fourth-order valence-electron chi connectivity index (χ4n) is 7.86. The zero-order valence-corrected chi connectivity index (χ0v) is 14.6. The summed E-state index contributed by atoms with van der Waals surface area (Å²) in [5.41, 5.74) is -0.0775. The summed E-state index contributed by atoms with van der Waals surface area (Å²) in [6, 6.07) is 0. The van der Waals surface area contributed by atoms with Gasteiger partial charge in [-0.05, 0) is 106 Å². The maximum Gasteiger partial charge on any atom is 0.306 e. The first-order chi connectivity index (χ1) is 11.1. The van der Waals surface area contributed by atoms with Gasteiger partial charge in [-0.2, -0.15) is 0 Å². The van der Waals surface area contributed by atoms with Crippen LogP contribution in [0.3, 0.4) is 0 Å². The summed E-state index contributed by atoms with van der Waals surface area (Å²) < 4.78 is 6.25. The van der Waals surface area contributed by atoms with Gasteiger partial charge in [-0.25, -0.2) is 0 Å². The van der Waals surface area contributed by atoms with Crippen LogP contribution < -0.4 is 0 Å². The molecule has 2 heteroatoms. The maximum absolute atomic E-state index is 12.8. The van der Waals surface area contributed by atoms with E-state index in [9.17, 15) is 4.79 Å². The second kappa shape index (κ2) is 5.23. The third kappa shape index (κ3) is 2.30. The summed E-state index contributed by atoms with van der Waals surface area (Å²) in [5.74, 6) is 6.00. The molecule has 0 aromatic rings. The second-order valence-electron chi connectivity index (χ2n) is 9.77. The van der Waals surface area contributed by atoms with Gasteiger partial charge in [0.15, 0.2) is 0 Å². The van der Waals surface area contributed by atoms with Gasteiger partial charge in [0.1, 0.15) is 5.60 Å². The Balaban J connectivity index is 1.25. The van der Waals surface area contributed by atoms with Crippen LogP contribution in [-0.2, 0) is 9.53 Å². The zero-order chi connectivity index (χ0) is 15.6. The SMILES string of the molecule is CC[C@@]1(OC(=O)CC2C3CC4CC(C3)CC2C4)C[C@@H]2CC[C@H]1C2. The smallest absolute Gasteiger partial charge is 0.306 e. The Morgan fingerprint density at radius 2 is 1.65 bits per heavy atom. The second-order valence-corrected chi connectivity index (χ2v) is 9.77. The van der Waals surface area contributed by atoms with E-state index >= 15 is 0 Å². The fourth-order valence-corrected chi connectivity index (χ4v) is 7.86. The van der Waals surface area contributed by atoms with Gasteiger partial charge >= 0.3 is 5.97 Å². The molecule has 6 rings (SSSR count). The summed E-state index contributed by atoms with van der Waals surface area (Å²) in [6.45, 7) is 2.23. The van der Waals surface area contributed by atoms with Crippen LogP contribution in [0.1, 0.15) is 77.6 Å². The maximum atomic E-state index is 12.8. The van der Waals surface area contributed by atoms with Gasteiger partial charge in [0.2, 0.25) is 0 Å². The van der Waals surface area contributed by atoms with Gasteiger partial charge in [-0.15, -0.1) is 0 Å². The Morgan fingerprint density at radius 1 is 0.957 bits per heavy atom. The van der Waals surface area contributed by atoms with Crippen LogP contribution in [0.15, 0.2) is 0 Å². The molecule has 128 valence electrons. The molecule has 0 unspecified atom stereocenters. The topological polar surface area (TPSA) is 26.3 Å². The van der Waals surface area contributed by atoms with Crippen molar-refractivity contribution in [3.05, 3.63) is 0 Å². The van der Waals surface area contributed by atoms with E-state index in [4.69, 9.17) is 4.74 Å². The average molecular weight is 316 g/mol. The molecule has 0 radical (unpaired) electrons.